The van der Waals surface area contributed by atoms with Crippen LogP contribution < -0.4 is 15.2 Å². The van der Waals surface area contributed by atoms with Crippen LogP contribution >= 0.6 is 11.8 Å². The van der Waals surface area contributed by atoms with Gasteiger partial charge in [-0.15, -0.1) is 11.8 Å². The van der Waals surface area contributed by atoms with E-state index in [1.165, 1.54) is 7.11 Å². The fourth-order valence-corrected chi connectivity index (χ4v) is 4.23. The SMILES string of the molecule is COc1ccc(C(=O)CC(Sc2ccccc2)c2ccc(C(N)=O)cc2)c(OC)c1. The van der Waals surface area contributed by atoms with Crippen LogP contribution in [0.3, 0.4) is 0 Å². The van der Waals surface area contributed by atoms with Crippen molar-refractivity contribution in [2.24, 2.45) is 5.73 Å². The Labute approximate surface area is 180 Å². The lowest BCUT2D eigenvalue weighted by atomic mass is 10.0. The molecule has 6 heteroatoms. The highest BCUT2D eigenvalue weighted by Crippen LogP contribution is 2.39. The Kier molecular flexibility index (Phi) is 7.14. The summed E-state index contributed by atoms with van der Waals surface area (Å²) in [5.74, 6) is 0.585. The highest BCUT2D eigenvalue weighted by atomic mass is 32.2. The van der Waals surface area contributed by atoms with Crippen LogP contribution in [0.4, 0.5) is 0 Å². The number of thioether (sulfide) groups is 1. The van der Waals surface area contributed by atoms with Gasteiger partial charge in [-0.1, -0.05) is 30.3 Å². The Bertz CT molecular complexity index is 1020. The molecule has 154 valence electrons. The number of carbonyl (C=O) groups excluding carboxylic acids is 2. The Morgan fingerprint density at radius 2 is 1.63 bits per heavy atom. The number of ketones is 1. The summed E-state index contributed by atoms with van der Waals surface area (Å²) in [7, 11) is 3.10. The average Bonchev–Trinajstić information content (AvgIpc) is 2.78. The highest BCUT2D eigenvalue weighted by molar-refractivity contribution is 7.99. The third-order valence-corrected chi connectivity index (χ3v) is 5.94. The molecule has 2 N–H and O–H groups in total. The minimum absolute atomic E-state index is 0.0399. The van der Waals surface area contributed by atoms with Crippen LogP contribution in [-0.2, 0) is 0 Å². The number of methoxy groups -OCH3 is 2. The zero-order valence-corrected chi connectivity index (χ0v) is 17.6. The summed E-state index contributed by atoms with van der Waals surface area (Å²) >= 11 is 1.60. The molecule has 0 saturated heterocycles. The Morgan fingerprint density at radius 3 is 2.23 bits per heavy atom. The number of primary amides is 1. The lowest BCUT2D eigenvalue weighted by Crippen LogP contribution is -2.11. The minimum Gasteiger partial charge on any atom is -0.497 e. The van der Waals surface area contributed by atoms with Crippen molar-refractivity contribution in [3.8, 4) is 11.5 Å². The molecule has 3 rings (SSSR count). The molecule has 0 fully saturated rings. The summed E-state index contributed by atoms with van der Waals surface area (Å²) in [5.41, 5.74) is 7.23. The molecule has 1 atom stereocenters. The van der Waals surface area contributed by atoms with Crippen molar-refractivity contribution in [2.75, 3.05) is 14.2 Å². The number of benzene rings is 3. The van der Waals surface area contributed by atoms with Crippen molar-refractivity contribution in [3.05, 3.63) is 89.5 Å². The van der Waals surface area contributed by atoms with Gasteiger partial charge in [-0.2, -0.15) is 0 Å². The maximum absolute atomic E-state index is 13.2. The van der Waals surface area contributed by atoms with Gasteiger partial charge in [0.25, 0.3) is 0 Å². The van der Waals surface area contributed by atoms with Crippen LogP contribution in [0.15, 0.2) is 77.7 Å². The third kappa shape index (κ3) is 5.21. The molecule has 0 bridgehead atoms. The molecule has 1 amide bonds. The monoisotopic (exact) mass is 421 g/mol. The van der Waals surface area contributed by atoms with Gasteiger partial charge < -0.3 is 15.2 Å². The first-order valence-electron chi connectivity index (χ1n) is 9.38. The lowest BCUT2D eigenvalue weighted by Gasteiger charge is -2.18. The fourth-order valence-electron chi connectivity index (χ4n) is 3.06. The number of hydrogen-bond acceptors (Lipinski definition) is 5. The maximum atomic E-state index is 13.2. The molecule has 30 heavy (non-hydrogen) atoms. The number of carbonyl (C=O) groups is 2. The van der Waals surface area contributed by atoms with E-state index in [1.54, 1.807) is 49.2 Å². The predicted molar refractivity (Wildman–Crippen MR) is 118 cm³/mol. The molecule has 0 saturated carbocycles. The second-order valence-electron chi connectivity index (χ2n) is 6.60. The van der Waals surface area contributed by atoms with Crippen molar-refractivity contribution >= 4 is 23.5 Å². The summed E-state index contributed by atoms with van der Waals surface area (Å²) in [6.07, 6.45) is 0.262. The van der Waals surface area contributed by atoms with Crippen molar-refractivity contribution in [3.63, 3.8) is 0 Å². The summed E-state index contributed by atoms with van der Waals surface area (Å²) in [5, 5.41) is -0.145. The van der Waals surface area contributed by atoms with Crippen LogP contribution in [0.5, 0.6) is 11.5 Å². The Morgan fingerprint density at radius 1 is 0.933 bits per heavy atom. The molecule has 5 nitrogen and oxygen atoms in total. The van der Waals surface area contributed by atoms with Gasteiger partial charge in [0.15, 0.2) is 5.78 Å². The number of amides is 1. The van der Waals surface area contributed by atoms with Crippen LogP contribution in [0.25, 0.3) is 0 Å². The average molecular weight is 422 g/mol. The number of nitrogens with two attached hydrogens (primary N) is 1. The Balaban J connectivity index is 1.90. The van der Waals surface area contributed by atoms with Crippen LogP contribution in [-0.4, -0.2) is 25.9 Å². The molecule has 0 heterocycles. The van der Waals surface area contributed by atoms with Gasteiger partial charge in [0.2, 0.25) is 5.91 Å². The predicted octanol–water partition coefficient (Wildman–Crippen LogP) is 4.91. The van der Waals surface area contributed by atoms with Crippen LogP contribution in [0.1, 0.15) is 38.0 Å². The lowest BCUT2D eigenvalue weighted by molar-refractivity contribution is 0.0975. The summed E-state index contributed by atoms with van der Waals surface area (Å²) in [6, 6.07) is 22.1. The molecule has 0 aliphatic rings. The van der Waals surface area contributed by atoms with Gasteiger partial charge in [0.1, 0.15) is 11.5 Å². The summed E-state index contributed by atoms with van der Waals surface area (Å²) < 4.78 is 10.6. The minimum atomic E-state index is -0.479. The van der Waals surface area contributed by atoms with E-state index in [2.05, 4.69) is 0 Å². The van der Waals surface area contributed by atoms with Crippen LogP contribution in [0.2, 0.25) is 0 Å². The third-order valence-electron chi connectivity index (χ3n) is 4.67. The summed E-state index contributed by atoms with van der Waals surface area (Å²) in [6.45, 7) is 0. The van der Waals surface area contributed by atoms with Gasteiger partial charge in [0, 0.05) is 28.2 Å². The molecular weight excluding hydrogens is 398 g/mol. The second-order valence-corrected chi connectivity index (χ2v) is 7.88. The number of hydrogen-bond donors (Lipinski definition) is 1. The highest BCUT2D eigenvalue weighted by Gasteiger charge is 2.21. The van der Waals surface area contributed by atoms with E-state index < -0.39 is 5.91 Å². The Hall–Kier alpha value is -3.25. The van der Waals surface area contributed by atoms with E-state index in [-0.39, 0.29) is 17.5 Å². The maximum Gasteiger partial charge on any atom is 0.248 e. The first kappa shape index (κ1) is 21.5. The van der Waals surface area contributed by atoms with Crippen LogP contribution in [0, 0.1) is 0 Å². The van der Waals surface area contributed by atoms with E-state index in [1.807, 2.05) is 42.5 Å². The first-order valence-corrected chi connectivity index (χ1v) is 10.3. The van der Waals surface area contributed by atoms with E-state index >= 15 is 0 Å². The molecule has 0 aliphatic heterocycles. The summed E-state index contributed by atoms with van der Waals surface area (Å²) in [4.78, 5) is 25.6. The van der Waals surface area contributed by atoms with E-state index in [9.17, 15) is 9.59 Å². The molecule has 0 aromatic heterocycles. The number of rotatable bonds is 9. The molecule has 0 radical (unpaired) electrons. The molecular formula is C24H23NO4S. The van der Waals surface area contributed by atoms with E-state index in [0.29, 0.717) is 22.6 Å². The second kappa shape index (κ2) is 9.98. The normalized spacial score (nSPS) is 11.5. The van der Waals surface area contributed by atoms with Gasteiger partial charge >= 0.3 is 0 Å². The fraction of sp³-hybridized carbons (Fsp3) is 0.167. The van der Waals surface area contributed by atoms with Gasteiger partial charge in [-0.25, -0.2) is 0 Å². The first-order chi connectivity index (χ1) is 14.5. The smallest absolute Gasteiger partial charge is 0.248 e. The van der Waals surface area contributed by atoms with Gasteiger partial charge in [-0.3, -0.25) is 9.59 Å². The number of ether oxygens (including phenoxy) is 2. The van der Waals surface area contributed by atoms with Crippen molar-refractivity contribution in [1.29, 1.82) is 0 Å². The molecule has 1 unspecified atom stereocenters. The van der Waals surface area contributed by atoms with Crippen molar-refractivity contribution in [2.45, 2.75) is 16.6 Å². The topological polar surface area (TPSA) is 78.6 Å². The zero-order chi connectivity index (χ0) is 21.5. The standard InChI is InChI=1S/C24H23NO4S/c1-28-18-12-13-20(22(14-18)29-2)21(26)15-23(30-19-6-4-3-5-7-19)16-8-10-17(11-9-16)24(25)27/h3-14,23H,15H2,1-2H3,(H2,25,27). The van der Waals surface area contributed by atoms with E-state index in [4.69, 9.17) is 15.2 Å². The zero-order valence-electron chi connectivity index (χ0n) is 16.8. The van der Waals surface area contributed by atoms with Crippen molar-refractivity contribution in [1.82, 2.24) is 0 Å². The molecule has 3 aromatic carbocycles. The molecule has 0 spiro atoms. The quantitative estimate of drug-likeness (QED) is 0.392. The van der Waals surface area contributed by atoms with E-state index in [0.717, 1.165) is 10.5 Å². The molecule has 0 aliphatic carbocycles. The number of Topliss-reactive ketones (excluding diaryl/α,β-unsaturated/α-hetero) is 1. The van der Waals surface area contributed by atoms with Crippen molar-refractivity contribution < 1.29 is 19.1 Å². The van der Waals surface area contributed by atoms with Gasteiger partial charge in [0.05, 0.1) is 19.8 Å². The largest absolute Gasteiger partial charge is 0.497 e. The molecule has 3 aromatic rings. The van der Waals surface area contributed by atoms with Gasteiger partial charge in [-0.05, 0) is 42.0 Å².